The highest BCUT2D eigenvalue weighted by molar-refractivity contribution is 7.24. The summed E-state index contributed by atoms with van der Waals surface area (Å²) in [6.07, 6.45) is 0. The van der Waals surface area contributed by atoms with Gasteiger partial charge in [-0.25, -0.2) is 0 Å². The molecule has 0 spiro atoms. The van der Waals surface area contributed by atoms with E-state index in [-0.39, 0.29) is 5.43 Å². The summed E-state index contributed by atoms with van der Waals surface area (Å²) in [4.78, 5) is 13.0. The topological polar surface area (TPSA) is 34.1 Å². The van der Waals surface area contributed by atoms with Crippen molar-refractivity contribution in [2.24, 2.45) is 0 Å². The molecule has 2 nitrogen and oxygen atoms in total. The Kier molecular flexibility index (Phi) is 5.67. The van der Waals surface area contributed by atoms with Crippen molar-refractivity contribution in [2.45, 2.75) is 39.5 Å². The monoisotopic (exact) mass is 344 g/mol. The summed E-state index contributed by atoms with van der Waals surface area (Å²) in [6, 6.07) is 12.2. The van der Waals surface area contributed by atoms with Gasteiger partial charge < -0.3 is 0 Å². The SMILES string of the molecule is CC(C)c1ccc2sc3ccccc3c(=O)c2c1C(C)C.O=P. The quantitative estimate of drug-likeness (QED) is 0.413. The molecular weight excluding hydrogens is 323 g/mol. The Balaban J connectivity index is 0.000000924. The average Bonchev–Trinajstić information content (AvgIpc) is 2.55. The van der Waals surface area contributed by atoms with Crippen molar-refractivity contribution in [3.63, 3.8) is 0 Å². The summed E-state index contributed by atoms with van der Waals surface area (Å²) in [5.41, 5.74) is 2.72. The van der Waals surface area contributed by atoms with Crippen molar-refractivity contribution in [2.75, 3.05) is 0 Å². The molecule has 3 aromatic rings. The van der Waals surface area contributed by atoms with Gasteiger partial charge in [0, 0.05) is 20.2 Å². The van der Waals surface area contributed by atoms with E-state index in [9.17, 15) is 4.79 Å². The fourth-order valence-corrected chi connectivity index (χ4v) is 4.15. The van der Waals surface area contributed by atoms with Crippen LogP contribution in [0.25, 0.3) is 20.2 Å². The molecule has 0 saturated heterocycles. The summed E-state index contributed by atoms with van der Waals surface area (Å²) >= 11 is 1.72. The van der Waals surface area contributed by atoms with E-state index in [1.165, 1.54) is 11.1 Å². The van der Waals surface area contributed by atoms with E-state index in [0.717, 1.165) is 20.2 Å². The third-order valence-corrected chi connectivity index (χ3v) is 5.16. The first-order valence-electron chi connectivity index (χ1n) is 7.69. The van der Waals surface area contributed by atoms with Gasteiger partial charge in [-0.2, -0.15) is 0 Å². The van der Waals surface area contributed by atoms with Crippen LogP contribution in [0, 0.1) is 0 Å². The van der Waals surface area contributed by atoms with Crippen LogP contribution < -0.4 is 5.43 Å². The van der Waals surface area contributed by atoms with Crippen LogP contribution in [0.2, 0.25) is 0 Å². The van der Waals surface area contributed by atoms with Crippen molar-refractivity contribution >= 4 is 40.6 Å². The molecule has 1 aromatic heterocycles. The molecule has 0 radical (unpaired) electrons. The molecule has 0 aliphatic heterocycles. The summed E-state index contributed by atoms with van der Waals surface area (Å²) in [5, 5.41) is 1.78. The van der Waals surface area contributed by atoms with Crippen molar-refractivity contribution in [1.29, 1.82) is 0 Å². The van der Waals surface area contributed by atoms with E-state index in [1.807, 2.05) is 24.3 Å². The molecule has 0 atom stereocenters. The molecular formula is C19H21O2PS. The van der Waals surface area contributed by atoms with Gasteiger partial charge in [0.05, 0.1) is 0 Å². The predicted octanol–water partition coefficient (Wildman–Crippen LogP) is 6.14. The van der Waals surface area contributed by atoms with E-state index in [0.29, 0.717) is 11.8 Å². The van der Waals surface area contributed by atoms with E-state index < -0.39 is 0 Å². The van der Waals surface area contributed by atoms with Gasteiger partial charge in [0.15, 0.2) is 5.43 Å². The van der Waals surface area contributed by atoms with Crippen LogP contribution in [0.4, 0.5) is 0 Å². The Morgan fingerprint density at radius 3 is 2.13 bits per heavy atom. The first-order chi connectivity index (χ1) is 11.0. The molecule has 120 valence electrons. The minimum Gasteiger partial charge on any atom is -0.288 e. The second kappa shape index (κ2) is 7.33. The van der Waals surface area contributed by atoms with Gasteiger partial charge >= 0.3 is 0 Å². The van der Waals surface area contributed by atoms with Gasteiger partial charge in [0.2, 0.25) is 0 Å². The standard InChI is InChI=1S/C19H20OS.HOP/c1-11(2)13-9-10-16-18(17(13)12(3)4)19(20)14-7-5-6-8-15(14)21-16;1-2/h5-12H,1-4H3;2H. The van der Waals surface area contributed by atoms with Gasteiger partial charge in [0.1, 0.15) is 9.12 Å². The van der Waals surface area contributed by atoms with Crippen molar-refractivity contribution in [3.8, 4) is 0 Å². The molecule has 0 aliphatic rings. The van der Waals surface area contributed by atoms with Crippen LogP contribution in [0.3, 0.4) is 0 Å². The Labute approximate surface area is 142 Å². The van der Waals surface area contributed by atoms with Gasteiger partial charge in [-0.05, 0) is 41.2 Å². The lowest BCUT2D eigenvalue weighted by Gasteiger charge is -2.18. The molecule has 0 unspecified atom stereocenters. The van der Waals surface area contributed by atoms with Gasteiger partial charge in [-0.15, -0.1) is 11.3 Å². The molecule has 0 N–H and O–H groups in total. The third kappa shape index (κ3) is 3.22. The van der Waals surface area contributed by atoms with Crippen molar-refractivity contribution < 1.29 is 4.57 Å². The van der Waals surface area contributed by atoms with Crippen LogP contribution >= 0.6 is 20.5 Å². The van der Waals surface area contributed by atoms with Crippen LogP contribution in [-0.2, 0) is 4.57 Å². The normalized spacial score (nSPS) is 11.0. The maximum absolute atomic E-state index is 13.0. The molecule has 0 amide bonds. The molecule has 0 aliphatic carbocycles. The van der Waals surface area contributed by atoms with Crippen LogP contribution in [0.1, 0.15) is 50.7 Å². The second-order valence-electron chi connectivity index (χ2n) is 6.18. The summed E-state index contributed by atoms with van der Waals surface area (Å²) in [5.74, 6) is 0.787. The van der Waals surface area contributed by atoms with E-state index in [1.54, 1.807) is 20.5 Å². The molecule has 1 heterocycles. The zero-order valence-electron chi connectivity index (χ0n) is 13.8. The molecule has 0 bridgehead atoms. The maximum atomic E-state index is 13.0. The minimum absolute atomic E-state index is 0.186. The average molecular weight is 344 g/mol. The Morgan fingerprint density at radius 2 is 1.52 bits per heavy atom. The lowest BCUT2D eigenvalue weighted by molar-refractivity contribution is 0.607. The smallest absolute Gasteiger partial charge is 0.196 e. The summed E-state index contributed by atoms with van der Waals surface area (Å²) in [7, 11) is 1.72. The molecule has 4 heteroatoms. The van der Waals surface area contributed by atoms with E-state index in [4.69, 9.17) is 4.57 Å². The largest absolute Gasteiger partial charge is 0.288 e. The summed E-state index contributed by atoms with van der Waals surface area (Å²) in [6.45, 7) is 8.75. The zero-order valence-corrected chi connectivity index (χ0v) is 15.7. The second-order valence-corrected chi connectivity index (χ2v) is 7.26. The third-order valence-electron chi connectivity index (χ3n) is 4.02. The Bertz CT molecular complexity index is 897. The molecule has 0 saturated carbocycles. The van der Waals surface area contributed by atoms with E-state index >= 15 is 0 Å². The van der Waals surface area contributed by atoms with Gasteiger partial charge in [-0.3, -0.25) is 9.36 Å². The fraction of sp³-hybridized carbons (Fsp3) is 0.316. The Hall–Kier alpha value is -1.57. The number of hydrogen-bond donors (Lipinski definition) is 0. The number of fused-ring (bicyclic) bond motifs is 2. The first kappa shape index (κ1) is 17.8. The van der Waals surface area contributed by atoms with Crippen LogP contribution in [0.5, 0.6) is 0 Å². The highest BCUT2D eigenvalue weighted by atomic mass is 32.1. The summed E-state index contributed by atoms with van der Waals surface area (Å²) < 4.78 is 10.2. The molecule has 2 aromatic carbocycles. The molecule has 3 rings (SSSR count). The number of rotatable bonds is 2. The van der Waals surface area contributed by atoms with Crippen molar-refractivity contribution in [1.82, 2.24) is 0 Å². The maximum Gasteiger partial charge on any atom is 0.196 e. The lowest BCUT2D eigenvalue weighted by Crippen LogP contribution is -2.08. The lowest BCUT2D eigenvalue weighted by atomic mass is 9.88. The molecule has 0 fully saturated rings. The number of hydrogen-bond acceptors (Lipinski definition) is 3. The van der Waals surface area contributed by atoms with E-state index in [2.05, 4.69) is 39.8 Å². The highest BCUT2D eigenvalue weighted by Gasteiger charge is 2.17. The predicted molar refractivity (Wildman–Crippen MR) is 103 cm³/mol. The highest BCUT2D eigenvalue weighted by Crippen LogP contribution is 2.34. The van der Waals surface area contributed by atoms with Crippen LogP contribution in [0.15, 0.2) is 41.2 Å². The number of benzene rings is 2. The Morgan fingerprint density at radius 1 is 0.870 bits per heavy atom. The van der Waals surface area contributed by atoms with Crippen molar-refractivity contribution in [3.05, 3.63) is 57.7 Å². The van der Waals surface area contributed by atoms with Crippen LogP contribution in [-0.4, -0.2) is 0 Å². The zero-order chi connectivity index (χ0) is 17.1. The van der Waals surface area contributed by atoms with Gasteiger partial charge in [-0.1, -0.05) is 45.9 Å². The minimum atomic E-state index is 0.186. The first-order valence-corrected chi connectivity index (χ1v) is 8.92. The fourth-order valence-electron chi connectivity index (χ4n) is 3.06. The molecule has 23 heavy (non-hydrogen) atoms. The van der Waals surface area contributed by atoms with Gasteiger partial charge in [0.25, 0.3) is 0 Å².